The summed E-state index contributed by atoms with van der Waals surface area (Å²) < 4.78 is 1.81. The van der Waals surface area contributed by atoms with E-state index in [1.54, 1.807) is 18.6 Å². The van der Waals surface area contributed by atoms with Crippen LogP contribution in [0.1, 0.15) is 34.1 Å². The molecule has 5 rings (SSSR count). The summed E-state index contributed by atoms with van der Waals surface area (Å²) in [5.41, 5.74) is 4.50. The van der Waals surface area contributed by atoms with E-state index in [4.69, 9.17) is 10.1 Å². The molecule has 0 saturated carbocycles. The quantitative estimate of drug-likeness (QED) is 0.542. The van der Waals surface area contributed by atoms with Crippen molar-refractivity contribution in [1.82, 2.24) is 29.5 Å². The highest BCUT2D eigenvalue weighted by atomic mass is 16.2. The van der Waals surface area contributed by atoms with Crippen molar-refractivity contribution < 1.29 is 4.79 Å². The Morgan fingerprint density at radius 1 is 1.10 bits per heavy atom. The van der Waals surface area contributed by atoms with Crippen LogP contribution in [0.15, 0.2) is 61.3 Å². The van der Waals surface area contributed by atoms with Gasteiger partial charge in [0, 0.05) is 61.1 Å². The monoisotopic (exact) mass is 384 g/mol. The van der Waals surface area contributed by atoms with E-state index >= 15 is 0 Å². The van der Waals surface area contributed by atoms with Gasteiger partial charge in [0.2, 0.25) is 0 Å². The summed E-state index contributed by atoms with van der Waals surface area (Å²) >= 11 is 0. The molecule has 1 fully saturated rings. The average Bonchev–Trinajstić information content (AvgIpc) is 3.40. The molecule has 0 aliphatic carbocycles. The minimum atomic E-state index is 0.0197. The van der Waals surface area contributed by atoms with Gasteiger partial charge in [-0.2, -0.15) is 5.10 Å². The fourth-order valence-electron chi connectivity index (χ4n) is 3.79. The number of aryl methyl sites for hydroxylation is 1. The first-order chi connectivity index (χ1) is 14.2. The molecule has 0 spiro atoms. The molecule has 4 aromatic heterocycles. The predicted octanol–water partition coefficient (Wildman–Crippen LogP) is 3.12. The number of carbonyl (C=O) groups excluding carboxylic acids is 1. The number of hydrogen-bond donors (Lipinski definition) is 0. The Kier molecular flexibility index (Phi) is 4.27. The lowest BCUT2D eigenvalue weighted by Crippen LogP contribution is -2.28. The van der Waals surface area contributed by atoms with Gasteiger partial charge in [-0.1, -0.05) is 6.07 Å². The van der Waals surface area contributed by atoms with Gasteiger partial charge < -0.3 is 4.90 Å². The van der Waals surface area contributed by atoms with Gasteiger partial charge >= 0.3 is 0 Å². The first-order valence-corrected chi connectivity index (χ1v) is 9.65. The number of carbonyl (C=O) groups is 1. The summed E-state index contributed by atoms with van der Waals surface area (Å²) in [4.78, 5) is 27.7. The Morgan fingerprint density at radius 2 is 2.03 bits per heavy atom. The lowest BCUT2D eigenvalue weighted by molar-refractivity contribution is 0.0790. The lowest BCUT2D eigenvalue weighted by atomic mass is 10.1. The minimum Gasteiger partial charge on any atom is -0.338 e. The maximum atomic E-state index is 12.8. The number of amides is 1. The number of aromatic nitrogens is 5. The van der Waals surface area contributed by atoms with Gasteiger partial charge in [0.25, 0.3) is 5.91 Å². The Morgan fingerprint density at radius 3 is 2.86 bits per heavy atom. The third-order valence-corrected chi connectivity index (χ3v) is 5.30. The highest BCUT2D eigenvalue weighted by Crippen LogP contribution is 2.27. The maximum Gasteiger partial charge on any atom is 0.255 e. The molecule has 1 atom stereocenters. The molecule has 144 valence electrons. The molecule has 7 nitrogen and oxygen atoms in total. The molecule has 1 aliphatic heterocycles. The molecule has 0 radical (unpaired) electrons. The van der Waals surface area contributed by atoms with Crippen LogP contribution in [0, 0.1) is 6.92 Å². The van der Waals surface area contributed by atoms with E-state index in [1.165, 1.54) is 0 Å². The normalized spacial score (nSPS) is 16.4. The first-order valence-electron chi connectivity index (χ1n) is 9.65. The van der Waals surface area contributed by atoms with Crippen molar-refractivity contribution in [3.05, 3.63) is 78.3 Å². The van der Waals surface area contributed by atoms with Crippen LogP contribution in [0.2, 0.25) is 0 Å². The molecule has 1 saturated heterocycles. The molecule has 5 heterocycles. The second-order valence-corrected chi connectivity index (χ2v) is 7.42. The minimum absolute atomic E-state index is 0.0197. The third-order valence-electron chi connectivity index (χ3n) is 5.30. The SMILES string of the molecule is Cc1cncc(C(=O)N2CC[C@@H](c3nc4ccc(-c5cccnc5)cn4n3)C2)c1. The van der Waals surface area contributed by atoms with Crippen molar-refractivity contribution in [2.24, 2.45) is 0 Å². The average molecular weight is 384 g/mol. The van der Waals surface area contributed by atoms with E-state index in [2.05, 4.69) is 9.97 Å². The zero-order chi connectivity index (χ0) is 19.8. The predicted molar refractivity (Wildman–Crippen MR) is 108 cm³/mol. The number of pyridine rings is 3. The maximum absolute atomic E-state index is 12.8. The van der Waals surface area contributed by atoms with Crippen molar-refractivity contribution in [3.63, 3.8) is 0 Å². The van der Waals surface area contributed by atoms with E-state index in [-0.39, 0.29) is 11.8 Å². The van der Waals surface area contributed by atoms with Crippen LogP contribution in [-0.2, 0) is 0 Å². The van der Waals surface area contributed by atoms with Gasteiger partial charge in [-0.3, -0.25) is 14.8 Å². The molecule has 7 heteroatoms. The molecule has 0 N–H and O–H groups in total. The molecule has 4 aromatic rings. The zero-order valence-electron chi connectivity index (χ0n) is 16.1. The number of fused-ring (bicyclic) bond motifs is 1. The third kappa shape index (κ3) is 3.35. The van der Waals surface area contributed by atoms with Crippen molar-refractivity contribution in [2.45, 2.75) is 19.3 Å². The number of hydrogen-bond acceptors (Lipinski definition) is 5. The van der Waals surface area contributed by atoms with Gasteiger partial charge in [-0.15, -0.1) is 0 Å². The number of rotatable bonds is 3. The van der Waals surface area contributed by atoms with Crippen LogP contribution in [0.25, 0.3) is 16.8 Å². The molecule has 29 heavy (non-hydrogen) atoms. The van der Waals surface area contributed by atoms with E-state index in [0.29, 0.717) is 18.7 Å². The van der Waals surface area contributed by atoms with E-state index in [9.17, 15) is 4.79 Å². The first kappa shape index (κ1) is 17.5. The standard InChI is InChI=1S/C22H20N6O/c1-15-9-19(12-24-10-15)22(29)27-8-6-18(13-27)21-25-20-5-4-17(14-28(20)26-21)16-3-2-7-23-11-16/h2-5,7,9-12,14,18H,6,8,13H2,1H3/t18-/m1/s1. The van der Waals surface area contributed by atoms with Crippen LogP contribution in [0.4, 0.5) is 0 Å². The molecule has 1 amide bonds. The number of nitrogens with zero attached hydrogens (tertiary/aromatic N) is 6. The summed E-state index contributed by atoms with van der Waals surface area (Å²) in [5.74, 6) is 0.941. The Hall–Kier alpha value is -3.61. The highest BCUT2D eigenvalue weighted by molar-refractivity contribution is 5.94. The molecule has 0 aromatic carbocycles. The summed E-state index contributed by atoms with van der Waals surface area (Å²) in [7, 11) is 0. The Balaban J connectivity index is 1.37. The molecular formula is C22H20N6O. The largest absolute Gasteiger partial charge is 0.338 e. The highest BCUT2D eigenvalue weighted by Gasteiger charge is 2.30. The second kappa shape index (κ2) is 7.09. The fourth-order valence-corrected chi connectivity index (χ4v) is 3.79. The topological polar surface area (TPSA) is 76.3 Å². The number of likely N-dealkylation sites (tertiary alicyclic amines) is 1. The lowest BCUT2D eigenvalue weighted by Gasteiger charge is -2.15. The van der Waals surface area contributed by atoms with E-state index < -0.39 is 0 Å². The zero-order valence-corrected chi connectivity index (χ0v) is 16.1. The van der Waals surface area contributed by atoms with Crippen LogP contribution in [0.5, 0.6) is 0 Å². The molecule has 1 aliphatic rings. The van der Waals surface area contributed by atoms with Gasteiger partial charge in [-0.25, -0.2) is 9.50 Å². The van der Waals surface area contributed by atoms with Crippen molar-refractivity contribution in [1.29, 1.82) is 0 Å². The van der Waals surface area contributed by atoms with Crippen LogP contribution in [-0.4, -0.2) is 48.5 Å². The summed E-state index contributed by atoms with van der Waals surface area (Å²) in [5, 5.41) is 4.70. The fraction of sp³-hybridized carbons (Fsp3) is 0.227. The Labute approximate surface area is 168 Å². The molecule has 0 bridgehead atoms. The van der Waals surface area contributed by atoms with E-state index in [0.717, 1.165) is 34.6 Å². The van der Waals surface area contributed by atoms with Gasteiger partial charge in [0.15, 0.2) is 11.5 Å². The second-order valence-electron chi connectivity index (χ2n) is 7.42. The van der Waals surface area contributed by atoms with Crippen molar-refractivity contribution >= 4 is 11.6 Å². The Bertz CT molecular complexity index is 1190. The van der Waals surface area contributed by atoms with Crippen LogP contribution < -0.4 is 0 Å². The smallest absolute Gasteiger partial charge is 0.255 e. The van der Waals surface area contributed by atoms with E-state index in [1.807, 2.05) is 59.1 Å². The van der Waals surface area contributed by atoms with Crippen LogP contribution in [0.3, 0.4) is 0 Å². The van der Waals surface area contributed by atoms with Crippen LogP contribution >= 0.6 is 0 Å². The van der Waals surface area contributed by atoms with Crippen molar-refractivity contribution in [2.75, 3.05) is 13.1 Å². The molecule has 0 unspecified atom stereocenters. The van der Waals surface area contributed by atoms with Gasteiger partial charge in [0.05, 0.1) is 5.56 Å². The van der Waals surface area contributed by atoms with Gasteiger partial charge in [-0.05, 0) is 43.2 Å². The molecular weight excluding hydrogens is 364 g/mol. The van der Waals surface area contributed by atoms with Crippen molar-refractivity contribution in [3.8, 4) is 11.1 Å². The summed E-state index contributed by atoms with van der Waals surface area (Å²) in [6.45, 7) is 3.27. The van der Waals surface area contributed by atoms with Gasteiger partial charge in [0.1, 0.15) is 0 Å². The summed E-state index contributed by atoms with van der Waals surface area (Å²) in [6.07, 6.45) is 9.81. The summed E-state index contributed by atoms with van der Waals surface area (Å²) in [6, 6.07) is 9.81.